The fraction of sp³-hybridized carbons (Fsp3) is 0.348. The molecule has 0 bridgehead atoms. The number of anilines is 1. The Balaban J connectivity index is 1.21. The number of methoxy groups -OCH3 is 1. The van der Waals surface area contributed by atoms with Crippen LogP contribution in [-0.2, 0) is 6.54 Å². The van der Waals surface area contributed by atoms with Gasteiger partial charge < -0.3 is 19.5 Å². The van der Waals surface area contributed by atoms with E-state index in [9.17, 15) is 4.79 Å². The Labute approximate surface area is 185 Å². The van der Waals surface area contributed by atoms with Crippen molar-refractivity contribution in [3.8, 4) is 17.2 Å². The number of aromatic nitrogens is 3. The Morgan fingerprint density at radius 2 is 2.09 bits per heavy atom. The number of nitrogens with one attached hydrogen (secondary N) is 1. The summed E-state index contributed by atoms with van der Waals surface area (Å²) in [5.74, 6) is 2.64. The lowest BCUT2D eigenvalue weighted by Gasteiger charge is -2.32. The van der Waals surface area contributed by atoms with Gasteiger partial charge in [-0.15, -0.1) is 0 Å². The van der Waals surface area contributed by atoms with Crippen molar-refractivity contribution in [3.05, 3.63) is 60.0 Å². The molecule has 32 heavy (non-hydrogen) atoms. The van der Waals surface area contributed by atoms with Crippen molar-refractivity contribution in [2.75, 3.05) is 32.3 Å². The number of carbonyl (C=O) groups is 1. The summed E-state index contributed by atoms with van der Waals surface area (Å²) in [6.45, 7) is 2.89. The molecule has 1 aromatic carbocycles. The lowest BCUT2D eigenvalue weighted by molar-refractivity contribution is 0.102. The van der Waals surface area contributed by atoms with Crippen LogP contribution in [0, 0.1) is 0 Å². The van der Waals surface area contributed by atoms with Crippen LogP contribution in [0.15, 0.2) is 48.9 Å². The SMILES string of the molecule is COc1cc(CN2CCC(n3nccc3NC(=O)c3cccnc3)CC2)cc2c1OCO2. The number of nitrogens with zero attached hydrogens (tertiary/aromatic N) is 4. The lowest BCUT2D eigenvalue weighted by Crippen LogP contribution is -2.35. The van der Waals surface area contributed by atoms with E-state index in [-0.39, 0.29) is 18.7 Å². The van der Waals surface area contributed by atoms with Gasteiger partial charge in [0, 0.05) is 38.1 Å². The zero-order valence-corrected chi connectivity index (χ0v) is 17.9. The molecule has 9 nitrogen and oxygen atoms in total. The predicted molar refractivity (Wildman–Crippen MR) is 117 cm³/mol. The van der Waals surface area contributed by atoms with Crippen LogP contribution in [0.5, 0.6) is 17.2 Å². The van der Waals surface area contributed by atoms with E-state index < -0.39 is 0 Å². The molecule has 2 aliphatic heterocycles. The Morgan fingerprint density at radius 3 is 2.88 bits per heavy atom. The van der Waals surface area contributed by atoms with Crippen LogP contribution < -0.4 is 19.5 Å². The first-order chi connectivity index (χ1) is 15.7. The summed E-state index contributed by atoms with van der Waals surface area (Å²) in [6, 6.07) is 9.59. The highest BCUT2D eigenvalue weighted by molar-refractivity contribution is 6.03. The van der Waals surface area contributed by atoms with Crippen molar-refractivity contribution in [2.24, 2.45) is 0 Å². The second-order valence-corrected chi connectivity index (χ2v) is 7.90. The number of pyridine rings is 1. The van der Waals surface area contributed by atoms with Crippen LogP contribution in [-0.4, -0.2) is 52.6 Å². The number of fused-ring (bicyclic) bond motifs is 1. The first-order valence-corrected chi connectivity index (χ1v) is 10.6. The highest BCUT2D eigenvalue weighted by Gasteiger charge is 2.25. The summed E-state index contributed by atoms with van der Waals surface area (Å²) in [5.41, 5.74) is 1.65. The van der Waals surface area contributed by atoms with E-state index in [1.807, 2.05) is 22.9 Å². The second-order valence-electron chi connectivity index (χ2n) is 7.90. The number of benzene rings is 1. The van der Waals surface area contributed by atoms with Gasteiger partial charge in [-0.2, -0.15) is 5.10 Å². The van der Waals surface area contributed by atoms with Crippen LogP contribution in [0.4, 0.5) is 5.82 Å². The second kappa shape index (κ2) is 8.88. The molecule has 0 radical (unpaired) electrons. The van der Waals surface area contributed by atoms with Crippen molar-refractivity contribution in [2.45, 2.75) is 25.4 Å². The molecule has 1 N–H and O–H groups in total. The summed E-state index contributed by atoms with van der Waals surface area (Å²) < 4.78 is 18.4. The smallest absolute Gasteiger partial charge is 0.258 e. The molecule has 2 aromatic heterocycles. The third-order valence-electron chi connectivity index (χ3n) is 5.86. The van der Waals surface area contributed by atoms with Crippen LogP contribution >= 0.6 is 0 Å². The van der Waals surface area contributed by atoms with Crippen LogP contribution in [0.3, 0.4) is 0 Å². The van der Waals surface area contributed by atoms with Crippen molar-refractivity contribution >= 4 is 11.7 Å². The highest BCUT2D eigenvalue weighted by Crippen LogP contribution is 2.42. The molecule has 9 heteroatoms. The van der Waals surface area contributed by atoms with E-state index in [1.165, 1.54) is 0 Å². The monoisotopic (exact) mass is 435 g/mol. The average Bonchev–Trinajstić information content (AvgIpc) is 3.49. The molecule has 5 rings (SSSR count). The van der Waals surface area contributed by atoms with E-state index in [2.05, 4.69) is 20.3 Å². The zero-order chi connectivity index (χ0) is 21.9. The molecule has 4 heterocycles. The number of hydrogen-bond acceptors (Lipinski definition) is 7. The molecular formula is C23H25N5O4. The highest BCUT2D eigenvalue weighted by atomic mass is 16.7. The molecule has 0 unspecified atom stereocenters. The minimum absolute atomic E-state index is 0.186. The van der Waals surface area contributed by atoms with E-state index in [0.29, 0.717) is 22.9 Å². The maximum Gasteiger partial charge on any atom is 0.258 e. The maximum atomic E-state index is 12.5. The minimum Gasteiger partial charge on any atom is -0.493 e. The molecule has 1 saturated heterocycles. The summed E-state index contributed by atoms with van der Waals surface area (Å²) in [6.07, 6.45) is 6.82. The van der Waals surface area contributed by atoms with Crippen molar-refractivity contribution in [3.63, 3.8) is 0 Å². The third kappa shape index (κ3) is 4.11. The number of hydrogen-bond donors (Lipinski definition) is 1. The largest absolute Gasteiger partial charge is 0.493 e. The average molecular weight is 435 g/mol. The normalized spacial score (nSPS) is 16.2. The lowest BCUT2D eigenvalue weighted by atomic mass is 10.0. The quantitative estimate of drug-likeness (QED) is 0.636. The number of carbonyl (C=O) groups excluding carboxylic acids is 1. The molecule has 1 amide bonds. The van der Waals surface area contributed by atoms with Crippen molar-refractivity contribution < 1.29 is 19.0 Å². The number of rotatable bonds is 6. The predicted octanol–water partition coefficient (Wildman–Crippen LogP) is 3.10. The first-order valence-electron chi connectivity index (χ1n) is 10.6. The standard InChI is InChI=1S/C23H25N5O4/c1-30-19-11-16(12-20-22(19)32-15-31-20)14-27-9-5-18(6-10-27)28-21(4-8-25-28)26-23(29)17-3-2-7-24-13-17/h2-4,7-8,11-13,18H,5-6,9-10,14-15H2,1H3,(H,26,29). The molecule has 0 aliphatic carbocycles. The molecule has 2 aliphatic rings. The van der Waals surface area contributed by atoms with Gasteiger partial charge >= 0.3 is 0 Å². The Hall–Kier alpha value is -3.59. The zero-order valence-electron chi connectivity index (χ0n) is 17.9. The Kier molecular flexibility index (Phi) is 5.64. The van der Waals surface area contributed by atoms with Crippen molar-refractivity contribution in [1.82, 2.24) is 19.7 Å². The maximum absolute atomic E-state index is 12.5. The molecule has 3 aromatic rings. The number of ether oxygens (including phenoxy) is 3. The summed E-state index contributed by atoms with van der Waals surface area (Å²) in [4.78, 5) is 18.9. The Bertz CT molecular complexity index is 1090. The number of likely N-dealkylation sites (tertiary alicyclic amines) is 1. The van der Waals surface area contributed by atoms with Gasteiger partial charge in [-0.25, -0.2) is 4.68 Å². The molecule has 0 saturated carbocycles. The van der Waals surface area contributed by atoms with Gasteiger partial charge in [0.05, 0.1) is 24.9 Å². The van der Waals surface area contributed by atoms with Crippen LogP contribution in [0.25, 0.3) is 0 Å². The van der Waals surface area contributed by atoms with E-state index in [0.717, 1.165) is 43.8 Å². The van der Waals surface area contributed by atoms with Crippen LogP contribution in [0.2, 0.25) is 0 Å². The van der Waals surface area contributed by atoms with Gasteiger partial charge in [-0.3, -0.25) is 14.7 Å². The number of piperidine rings is 1. The van der Waals surface area contributed by atoms with Gasteiger partial charge in [0.1, 0.15) is 5.82 Å². The third-order valence-corrected chi connectivity index (χ3v) is 5.86. The van der Waals surface area contributed by atoms with Gasteiger partial charge in [0.15, 0.2) is 11.5 Å². The minimum atomic E-state index is -0.186. The molecule has 0 spiro atoms. The van der Waals surface area contributed by atoms with Gasteiger partial charge in [-0.05, 0) is 42.7 Å². The van der Waals surface area contributed by atoms with Gasteiger partial charge in [0.25, 0.3) is 5.91 Å². The van der Waals surface area contributed by atoms with Crippen LogP contribution in [0.1, 0.15) is 34.8 Å². The fourth-order valence-electron chi connectivity index (χ4n) is 4.25. The van der Waals surface area contributed by atoms with E-state index in [4.69, 9.17) is 14.2 Å². The van der Waals surface area contributed by atoms with Crippen molar-refractivity contribution in [1.29, 1.82) is 0 Å². The fourth-order valence-corrected chi connectivity index (χ4v) is 4.25. The summed E-state index contributed by atoms with van der Waals surface area (Å²) >= 11 is 0. The molecule has 1 fully saturated rings. The van der Waals surface area contributed by atoms with Gasteiger partial charge in [-0.1, -0.05) is 0 Å². The van der Waals surface area contributed by atoms with E-state index in [1.54, 1.807) is 37.8 Å². The number of amides is 1. The van der Waals surface area contributed by atoms with E-state index >= 15 is 0 Å². The first kappa shape index (κ1) is 20.3. The summed E-state index contributed by atoms with van der Waals surface area (Å²) in [7, 11) is 1.64. The Morgan fingerprint density at radius 1 is 1.22 bits per heavy atom. The van der Waals surface area contributed by atoms with Gasteiger partial charge in [0.2, 0.25) is 12.5 Å². The molecule has 0 atom stereocenters. The molecular weight excluding hydrogens is 410 g/mol. The topological polar surface area (TPSA) is 90.7 Å². The molecule has 166 valence electrons. The summed E-state index contributed by atoms with van der Waals surface area (Å²) in [5, 5.41) is 7.44.